The summed E-state index contributed by atoms with van der Waals surface area (Å²) in [6.45, 7) is 10.6. The number of aromatic nitrogens is 4. The van der Waals surface area contributed by atoms with E-state index in [1.807, 2.05) is 39.3 Å². The van der Waals surface area contributed by atoms with Crippen LogP contribution in [0.3, 0.4) is 0 Å². The maximum Gasteiger partial charge on any atom is 0.237 e. The molecule has 0 spiro atoms. The Morgan fingerprint density at radius 1 is 1.22 bits per heavy atom. The van der Waals surface area contributed by atoms with Gasteiger partial charge in [0.1, 0.15) is 6.54 Å². The summed E-state index contributed by atoms with van der Waals surface area (Å²) < 4.78 is 8.54. The third-order valence-electron chi connectivity index (χ3n) is 2.69. The standard InChI is InChI=1S/C12H17BrN4O/c1-7-10(13)8(2)17(16-7)6-9-14-15-11(18-9)12(3,4)5/h6H2,1-5H3. The van der Waals surface area contributed by atoms with Crippen molar-refractivity contribution in [2.45, 2.75) is 46.6 Å². The van der Waals surface area contributed by atoms with Crippen LogP contribution < -0.4 is 0 Å². The molecule has 2 heterocycles. The zero-order valence-corrected chi connectivity index (χ0v) is 12.9. The van der Waals surface area contributed by atoms with Gasteiger partial charge >= 0.3 is 0 Å². The van der Waals surface area contributed by atoms with Crippen LogP contribution in [0.1, 0.15) is 43.9 Å². The lowest BCUT2D eigenvalue weighted by atomic mass is 9.97. The van der Waals surface area contributed by atoms with Crippen molar-refractivity contribution in [1.82, 2.24) is 20.0 Å². The van der Waals surface area contributed by atoms with Crippen molar-refractivity contribution in [3.05, 3.63) is 27.6 Å². The molecule has 0 atom stereocenters. The third-order valence-corrected chi connectivity index (χ3v) is 3.83. The average molecular weight is 313 g/mol. The first-order valence-corrected chi connectivity index (χ1v) is 6.60. The minimum Gasteiger partial charge on any atom is -0.423 e. The average Bonchev–Trinajstić information content (AvgIpc) is 2.81. The summed E-state index contributed by atoms with van der Waals surface area (Å²) in [5.74, 6) is 1.23. The molecule has 0 radical (unpaired) electrons. The highest BCUT2D eigenvalue weighted by Gasteiger charge is 2.22. The summed E-state index contributed by atoms with van der Waals surface area (Å²) in [4.78, 5) is 0. The van der Waals surface area contributed by atoms with Crippen LogP contribution in [0.2, 0.25) is 0 Å². The molecule has 6 heteroatoms. The summed E-state index contributed by atoms with van der Waals surface area (Å²) >= 11 is 3.50. The van der Waals surface area contributed by atoms with Crippen molar-refractivity contribution in [3.63, 3.8) is 0 Å². The van der Waals surface area contributed by atoms with Gasteiger partial charge in [0.2, 0.25) is 11.8 Å². The second-order valence-corrected chi connectivity index (χ2v) is 6.19. The Bertz CT molecular complexity index is 565. The summed E-state index contributed by atoms with van der Waals surface area (Å²) in [7, 11) is 0. The molecule has 0 saturated heterocycles. The van der Waals surface area contributed by atoms with Gasteiger partial charge in [0.15, 0.2) is 0 Å². The zero-order chi connectivity index (χ0) is 13.5. The molecular formula is C12H17BrN4O. The lowest BCUT2D eigenvalue weighted by Crippen LogP contribution is -2.11. The highest BCUT2D eigenvalue weighted by atomic mass is 79.9. The Kier molecular flexibility index (Phi) is 3.31. The minimum atomic E-state index is -0.124. The van der Waals surface area contributed by atoms with Crippen molar-refractivity contribution >= 4 is 15.9 Å². The fourth-order valence-corrected chi connectivity index (χ4v) is 1.86. The number of nitrogens with zero attached hydrogens (tertiary/aromatic N) is 4. The fraction of sp³-hybridized carbons (Fsp3) is 0.583. The molecule has 18 heavy (non-hydrogen) atoms. The molecule has 0 fully saturated rings. The van der Waals surface area contributed by atoms with E-state index in [2.05, 4.69) is 31.2 Å². The molecular weight excluding hydrogens is 296 g/mol. The van der Waals surface area contributed by atoms with Gasteiger partial charge in [-0.15, -0.1) is 10.2 Å². The van der Waals surface area contributed by atoms with E-state index in [-0.39, 0.29) is 5.41 Å². The van der Waals surface area contributed by atoms with Gasteiger partial charge in [-0.05, 0) is 29.8 Å². The molecule has 0 unspecified atom stereocenters. The normalized spacial score (nSPS) is 12.1. The van der Waals surface area contributed by atoms with Gasteiger partial charge in [-0.25, -0.2) is 0 Å². The fourth-order valence-electron chi connectivity index (χ4n) is 1.58. The summed E-state index contributed by atoms with van der Waals surface area (Å²) in [5, 5.41) is 12.6. The second kappa shape index (κ2) is 4.50. The van der Waals surface area contributed by atoms with E-state index in [0.29, 0.717) is 18.3 Å². The van der Waals surface area contributed by atoms with E-state index in [1.54, 1.807) is 0 Å². The Balaban J connectivity index is 2.24. The molecule has 5 nitrogen and oxygen atoms in total. The van der Waals surface area contributed by atoms with E-state index in [4.69, 9.17) is 4.42 Å². The van der Waals surface area contributed by atoms with Crippen LogP contribution in [-0.2, 0) is 12.0 Å². The molecule has 0 bridgehead atoms. The predicted octanol–water partition coefficient (Wildman–Crippen LogP) is 2.99. The number of hydrogen-bond donors (Lipinski definition) is 0. The first kappa shape index (κ1) is 13.3. The largest absolute Gasteiger partial charge is 0.423 e. The van der Waals surface area contributed by atoms with Crippen LogP contribution in [0, 0.1) is 13.8 Å². The van der Waals surface area contributed by atoms with Crippen molar-refractivity contribution in [3.8, 4) is 0 Å². The third kappa shape index (κ3) is 2.48. The maximum absolute atomic E-state index is 5.66. The van der Waals surface area contributed by atoms with E-state index in [0.717, 1.165) is 15.9 Å². The van der Waals surface area contributed by atoms with E-state index >= 15 is 0 Å². The number of aryl methyl sites for hydroxylation is 1. The van der Waals surface area contributed by atoms with Gasteiger partial charge in [-0.2, -0.15) is 5.10 Å². The van der Waals surface area contributed by atoms with Crippen molar-refractivity contribution < 1.29 is 4.42 Å². The summed E-state index contributed by atoms with van der Waals surface area (Å²) in [5.41, 5.74) is 1.90. The molecule has 0 aliphatic rings. The molecule has 0 aliphatic heterocycles. The van der Waals surface area contributed by atoms with E-state index < -0.39 is 0 Å². The van der Waals surface area contributed by atoms with Crippen LogP contribution in [-0.4, -0.2) is 20.0 Å². The van der Waals surface area contributed by atoms with E-state index in [1.165, 1.54) is 0 Å². The monoisotopic (exact) mass is 312 g/mol. The quantitative estimate of drug-likeness (QED) is 0.855. The van der Waals surface area contributed by atoms with Crippen LogP contribution in [0.15, 0.2) is 8.89 Å². The number of hydrogen-bond acceptors (Lipinski definition) is 4. The molecule has 2 aromatic heterocycles. The van der Waals surface area contributed by atoms with Crippen molar-refractivity contribution in [1.29, 1.82) is 0 Å². The van der Waals surface area contributed by atoms with Gasteiger partial charge in [0.25, 0.3) is 0 Å². The first-order valence-electron chi connectivity index (χ1n) is 5.81. The molecule has 0 amide bonds. The second-order valence-electron chi connectivity index (χ2n) is 5.39. The van der Waals surface area contributed by atoms with Crippen LogP contribution >= 0.6 is 15.9 Å². The van der Waals surface area contributed by atoms with Crippen LogP contribution in [0.25, 0.3) is 0 Å². The van der Waals surface area contributed by atoms with Crippen LogP contribution in [0.5, 0.6) is 0 Å². The smallest absolute Gasteiger partial charge is 0.237 e. The Labute approximate surface area is 115 Å². The Hall–Kier alpha value is -1.17. The molecule has 2 aromatic rings. The molecule has 0 aromatic carbocycles. The Morgan fingerprint density at radius 2 is 1.89 bits per heavy atom. The number of rotatable bonds is 2. The lowest BCUT2D eigenvalue weighted by molar-refractivity contribution is 0.362. The van der Waals surface area contributed by atoms with Gasteiger partial charge < -0.3 is 4.42 Å². The molecule has 98 valence electrons. The number of halogens is 1. The molecule has 0 aliphatic carbocycles. The topological polar surface area (TPSA) is 56.7 Å². The predicted molar refractivity (Wildman–Crippen MR) is 71.5 cm³/mol. The molecule has 2 rings (SSSR count). The van der Waals surface area contributed by atoms with Gasteiger partial charge in [-0.1, -0.05) is 20.8 Å². The minimum absolute atomic E-state index is 0.124. The van der Waals surface area contributed by atoms with Gasteiger partial charge in [0, 0.05) is 5.41 Å². The first-order chi connectivity index (χ1) is 8.29. The Morgan fingerprint density at radius 3 is 2.33 bits per heavy atom. The van der Waals surface area contributed by atoms with Gasteiger partial charge in [-0.3, -0.25) is 4.68 Å². The zero-order valence-electron chi connectivity index (χ0n) is 11.3. The van der Waals surface area contributed by atoms with Gasteiger partial charge in [0.05, 0.1) is 15.9 Å². The maximum atomic E-state index is 5.66. The SMILES string of the molecule is Cc1nn(Cc2nnc(C(C)(C)C)o2)c(C)c1Br. The highest BCUT2D eigenvalue weighted by Crippen LogP contribution is 2.22. The van der Waals surface area contributed by atoms with E-state index in [9.17, 15) is 0 Å². The molecule has 0 N–H and O–H groups in total. The van der Waals surface area contributed by atoms with Crippen molar-refractivity contribution in [2.75, 3.05) is 0 Å². The van der Waals surface area contributed by atoms with Crippen molar-refractivity contribution in [2.24, 2.45) is 0 Å². The summed E-state index contributed by atoms with van der Waals surface area (Å²) in [6.07, 6.45) is 0. The highest BCUT2D eigenvalue weighted by molar-refractivity contribution is 9.10. The van der Waals surface area contributed by atoms with Crippen LogP contribution in [0.4, 0.5) is 0 Å². The summed E-state index contributed by atoms with van der Waals surface area (Å²) in [6, 6.07) is 0. The lowest BCUT2D eigenvalue weighted by Gasteiger charge is -2.11. The molecule has 0 saturated carbocycles.